The highest BCUT2D eigenvalue weighted by Crippen LogP contribution is 2.47. The van der Waals surface area contributed by atoms with E-state index in [1.165, 1.54) is 18.4 Å². The fraction of sp³-hybridized carbons (Fsp3) is 0.727. The van der Waals surface area contributed by atoms with E-state index < -0.39 is 11.4 Å². The van der Waals surface area contributed by atoms with Gasteiger partial charge in [0.25, 0.3) is 0 Å². The van der Waals surface area contributed by atoms with E-state index >= 15 is 0 Å². The molecule has 2 aliphatic carbocycles. The van der Waals surface area contributed by atoms with Crippen LogP contribution in [-0.4, -0.2) is 36.3 Å². The number of hydrogen-bond acceptors (Lipinski definition) is 4. The maximum Gasteiger partial charge on any atom is 0.168 e. The number of rotatable bonds is 5. The highest BCUT2D eigenvalue weighted by Gasteiger charge is 2.48. The van der Waals surface area contributed by atoms with Crippen molar-refractivity contribution in [3.05, 3.63) is 34.3 Å². The summed E-state index contributed by atoms with van der Waals surface area (Å²) >= 11 is 3.51. The van der Waals surface area contributed by atoms with E-state index in [2.05, 4.69) is 59.4 Å². The fourth-order valence-electron chi connectivity index (χ4n) is 4.37. The number of nitrogens with one attached hydrogen (secondary N) is 1. The van der Waals surface area contributed by atoms with Crippen LogP contribution in [0.25, 0.3) is 0 Å². The molecule has 5 heteroatoms. The van der Waals surface area contributed by atoms with Crippen molar-refractivity contribution in [3.63, 3.8) is 0 Å². The SMILES string of the molecule is CC1(C)COC2(CCC(O)(CCNC3(c4ccc(Br)cc4)CC3)CC2)OC1. The lowest BCUT2D eigenvalue weighted by Crippen LogP contribution is -2.52. The normalized spacial score (nSPS) is 27.4. The summed E-state index contributed by atoms with van der Waals surface area (Å²) in [7, 11) is 0. The van der Waals surface area contributed by atoms with Gasteiger partial charge in [-0.1, -0.05) is 41.9 Å². The van der Waals surface area contributed by atoms with Crippen molar-refractivity contribution in [3.8, 4) is 0 Å². The van der Waals surface area contributed by atoms with Crippen LogP contribution in [0.5, 0.6) is 0 Å². The summed E-state index contributed by atoms with van der Waals surface area (Å²) in [6.45, 7) is 6.66. The molecule has 3 fully saturated rings. The molecule has 2 saturated carbocycles. The Labute approximate surface area is 171 Å². The lowest BCUT2D eigenvalue weighted by molar-refractivity contribution is -0.319. The number of benzene rings is 1. The Bertz CT molecular complexity index is 649. The maximum absolute atomic E-state index is 11.1. The lowest BCUT2D eigenvalue weighted by atomic mass is 9.78. The molecule has 3 aliphatic rings. The van der Waals surface area contributed by atoms with Crippen LogP contribution < -0.4 is 5.32 Å². The van der Waals surface area contributed by atoms with Gasteiger partial charge in [0.2, 0.25) is 0 Å². The van der Waals surface area contributed by atoms with Gasteiger partial charge < -0.3 is 19.9 Å². The van der Waals surface area contributed by atoms with Gasteiger partial charge in [-0.25, -0.2) is 0 Å². The average Bonchev–Trinajstić information content (AvgIpc) is 3.42. The Kier molecular flexibility index (Phi) is 5.22. The number of ether oxygens (including phenoxy) is 2. The number of aliphatic hydroxyl groups is 1. The van der Waals surface area contributed by atoms with Gasteiger partial charge in [0.15, 0.2) is 5.79 Å². The summed E-state index contributed by atoms with van der Waals surface area (Å²) in [5.74, 6) is -0.454. The lowest BCUT2D eigenvalue weighted by Gasteiger charge is -2.48. The second kappa shape index (κ2) is 7.10. The molecular weight excluding hydrogens is 406 g/mol. The molecule has 1 spiro atoms. The molecule has 1 saturated heterocycles. The zero-order valence-electron chi connectivity index (χ0n) is 16.5. The predicted octanol–water partition coefficient (Wildman–Crippen LogP) is 4.49. The predicted molar refractivity (Wildman–Crippen MR) is 110 cm³/mol. The van der Waals surface area contributed by atoms with Crippen LogP contribution in [0.1, 0.15) is 64.4 Å². The van der Waals surface area contributed by atoms with Crippen molar-refractivity contribution in [1.29, 1.82) is 0 Å². The van der Waals surface area contributed by atoms with Gasteiger partial charge in [0.05, 0.1) is 18.8 Å². The number of hydrogen-bond donors (Lipinski definition) is 2. The first-order chi connectivity index (χ1) is 12.7. The Hall–Kier alpha value is -0.460. The molecule has 1 aromatic rings. The van der Waals surface area contributed by atoms with Crippen molar-refractivity contribution in [2.75, 3.05) is 19.8 Å². The molecule has 0 aromatic heterocycles. The monoisotopic (exact) mass is 437 g/mol. The first-order valence-electron chi connectivity index (χ1n) is 10.3. The highest BCUT2D eigenvalue weighted by molar-refractivity contribution is 9.10. The van der Waals surface area contributed by atoms with Crippen LogP contribution in [0.15, 0.2) is 28.7 Å². The van der Waals surface area contributed by atoms with E-state index in [0.29, 0.717) is 0 Å². The van der Waals surface area contributed by atoms with Gasteiger partial charge in [-0.2, -0.15) is 0 Å². The quantitative estimate of drug-likeness (QED) is 0.711. The van der Waals surface area contributed by atoms with Crippen LogP contribution in [0, 0.1) is 5.41 Å². The van der Waals surface area contributed by atoms with Crippen molar-refractivity contribution in [2.45, 2.75) is 75.7 Å². The Balaban J connectivity index is 1.27. The fourth-order valence-corrected chi connectivity index (χ4v) is 4.63. The van der Waals surface area contributed by atoms with Crippen LogP contribution >= 0.6 is 15.9 Å². The zero-order chi connectivity index (χ0) is 19.2. The average molecular weight is 438 g/mol. The van der Waals surface area contributed by atoms with E-state index in [1.54, 1.807) is 0 Å². The molecule has 0 unspecified atom stereocenters. The molecule has 0 amide bonds. The summed E-state index contributed by atoms with van der Waals surface area (Å²) in [6.07, 6.45) is 6.21. The van der Waals surface area contributed by atoms with Crippen LogP contribution in [-0.2, 0) is 15.0 Å². The molecule has 0 bridgehead atoms. The van der Waals surface area contributed by atoms with Gasteiger partial charge in [-0.3, -0.25) is 0 Å². The molecule has 4 rings (SSSR count). The van der Waals surface area contributed by atoms with E-state index in [4.69, 9.17) is 9.47 Å². The number of halogens is 1. The van der Waals surface area contributed by atoms with E-state index in [-0.39, 0.29) is 11.0 Å². The van der Waals surface area contributed by atoms with Crippen molar-refractivity contribution < 1.29 is 14.6 Å². The second-order valence-corrected chi connectivity index (χ2v) is 10.6. The molecule has 4 nitrogen and oxygen atoms in total. The molecule has 0 radical (unpaired) electrons. The van der Waals surface area contributed by atoms with Gasteiger partial charge in [0.1, 0.15) is 0 Å². The Morgan fingerprint density at radius 3 is 2.11 bits per heavy atom. The highest BCUT2D eigenvalue weighted by atomic mass is 79.9. The molecule has 2 N–H and O–H groups in total. The molecule has 27 heavy (non-hydrogen) atoms. The molecular formula is C22H32BrNO3. The molecule has 0 atom stereocenters. The van der Waals surface area contributed by atoms with Crippen LogP contribution in [0.4, 0.5) is 0 Å². The van der Waals surface area contributed by atoms with Crippen LogP contribution in [0.3, 0.4) is 0 Å². The van der Waals surface area contributed by atoms with E-state index in [1.807, 2.05) is 0 Å². The van der Waals surface area contributed by atoms with E-state index in [9.17, 15) is 5.11 Å². The van der Waals surface area contributed by atoms with Crippen molar-refractivity contribution in [2.24, 2.45) is 5.41 Å². The minimum absolute atomic E-state index is 0.0918. The van der Waals surface area contributed by atoms with Crippen LogP contribution in [0.2, 0.25) is 0 Å². The Morgan fingerprint density at radius 2 is 1.56 bits per heavy atom. The summed E-state index contributed by atoms with van der Waals surface area (Å²) < 4.78 is 13.3. The first-order valence-corrected chi connectivity index (χ1v) is 11.0. The molecule has 1 aromatic carbocycles. The zero-order valence-corrected chi connectivity index (χ0v) is 18.1. The largest absolute Gasteiger partial charge is 0.390 e. The minimum atomic E-state index is -0.603. The van der Waals surface area contributed by atoms with Gasteiger partial charge >= 0.3 is 0 Å². The van der Waals surface area contributed by atoms with Crippen molar-refractivity contribution >= 4 is 15.9 Å². The van der Waals surface area contributed by atoms with Crippen molar-refractivity contribution in [1.82, 2.24) is 5.32 Å². The third-order valence-electron chi connectivity index (χ3n) is 6.59. The molecule has 1 aliphatic heterocycles. The van der Waals surface area contributed by atoms with Gasteiger partial charge in [0, 0.05) is 28.3 Å². The second-order valence-electron chi connectivity index (χ2n) is 9.64. The smallest absolute Gasteiger partial charge is 0.168 e. The molecule has 150 valence electrons. The Morgan fingerprint density at radius 1 is 0.963 bits per heavy atom. The standard InChI is InChI=1S/C22H32BrNO3/c1-19(2)15-26-22(27-16-19)11-7-20(25,8-12-22)13-14-24-21(9-10-21)17-3-5-18(23)6-4-17/h3-6,24-25H,7-16H2,1-2H3. The third-order valence-corrected chi connectivity index (χ3v) is 7.12. The van der Waals surface area contributed by atoms with Gasteiger partial charge in [-0.05, 0) is 56.3 Å². The summed E-state index contributed by atoms with van der Waals surface area (Å²) in [4.78, 5) is 0. The third kappa shape index (κ3) is 4.43. The van der Waals surface area contributed by atoms with E-state index in [0.717, 1.165) is 56.3 Å². The summed E-state index contributed by atoms with van der Waals surface area (Å²) in [5, 5.41) is 14.8. The summed E-state index contributed by atoms with van der Waals surface area (Å²) in [5.41, 5.74) is 0.961. The topological polar surface area (TPSA) is 50.7 Å². The first kappa shape index (κ1) is 19.8. The minimum Gasteiger partial charge on any atom is -0.390 e. The molecule has 1 heterocycles. The maximum atomic E-state index is 11.1. The van der Waals surface area contributed by atoms with Gasteiger partial charge in [-0.15, -0.1) is 0 Å². The summed E-state index contributed by atoms with van der Waals surface area (Å²) in [6, 6.07) is 8.61.